The number of carbonyl (C=O) groups excluding carboxylic acids is 1. The zero-order valence-electron chi connectivity index (χ0n) is 9.02. The third kappa shape index (κ3) is 1.37. The number of carbonyl (C=O) groups is 1. The van der Waals surface area contributed by atoms with Gasteiger partial charge in [-0.05, 0) is 31.9 Å². The Labute approximate surface area is 89.7 Å². The zero-order valence-corrected chi connectivity index (χ0v) is 9.02. The fourth-order valence-electron chi connectivity index (χ4n) is 2.44. The van der Waals surface area contributed by atoms with Crippen LogP contribution >= 0.6 is 0 Å². The Hall–Kier alpha value is -1.25. The van der Waals surface area contributed by atoms with Crippen molar-refractivity contribution in [2.75, 3.05) is 6.54 Å². The van der Waals surface area contributed by atoms with Crippen LogP contribution in [0.2, 0.25) is 0 Å². The molecule has 1 amide bonds. The van der Waals surface area contributed by atoms with E-state index in [4.69, 9.17) is 0 Å². The Bertz CT molecular complexity index is 392. The molecule has 2 heterocycles. The summed E-state index contributed by atoms with van der Waals surface area (Å²) in [5, 5.41) is 0. The minimum Gasteiger partial charge on any atom is -0.348 e. The summed E-state index contributed by atoms with van der Waals surface area (Å²) in [6.07, 6.45) is 4.30. The van der Waals surface area contributed by atoms with Crippen LogP contribution in [0, 0.1) is 5.92 Å². The lowest BCUT2D eigenvalue weighted by molar-refractivity contribution is -0.135. The van der Waals surface area contributed by atoms with E-state index < -0.39 is 0 Å². The third-order valence-electron chi connectivity index (χ3n) is 3.55. The summed E-state index contributed by atoms with van der Waals surface area (Å²) >= 11 is 0. The third-order valence-corrected chi connectivity index (χ3v) is 3.55. The molecule has 1 aromatic heterocycles. The minimum absolute atomic E-state index is 0.252. The van der Waals surface area contributed by atoms with Crippen LogP contribution in [0.5, 0.6) is 0 Å². The molecule has 0 N–H and O–H groups in total. The van der Waals surface area contributed by atoms with Gasteiger partial charge in [0.1, 0.15) is 0 Å². The molecule has 3 heteroatoms. The van der Waals surface area contributed by atoms with Crippen molar-refractivity contribution in [1.29, 1.82) is 0 Å². The first kappa shape index (κ1) is 9.01. The molecule has 1 atom stereocenters. The largest absolute Gasteiger partial charge is 0.348 e. The Morgan fingerprint density at radius 1 is 1.40 bits per heavy atom. The van der Waals surface area contributed by atoms with Gasteiger partial charge in [-0.1, -0.05) is 0 Å². The fourth-order valence-corrected chi connectivity index (χ4v) is 2.44. The molecule has 0 aromatic carbocycles. The molecule has 0 bridgehead atoms. The summed E-state index contributed by atoms with van der Waals surface area (Å²) in [5.74, 6) is 0.712. The van der Waals surface area contributed by atoms with Crippen LogP contribution in [0.1, 0.15) is 31.5 Å². The summed E-state index contributed by atoms with van der Waals surface area (Å²) in [7, 11) is 0. The second-order valence-corrected chi connectivity index (χ2v) is 4.61. The molecule has 0 saturated heterocycles. The second-order valence-electron chi connectivity index (χ2n) is 4.61. The van der Waals surface area contributed by atoms with E-state index in [-0.39, 0.29) is 6.04 Å². The smallest absolute Gasteiger partial charge is 0.226 e. The van der Waals surface area contributed by atoms with Crippen LogP contribution in [0.25, 0.3) is 0 Å². The molecule has 1 saturated carbocycles. The van der Waals surface area contributed by atoms with Crippen molar-refractivity contribution in [3.8, 4) is 0 Å². The van der Waals surface area contributed by atoms with E-state index in [1.54, 1.807) is 0 Å². The van der Waals surface area contributed by atoms with Crippen molar-refractivity contribution in [2.24, 2.45) is 5.92 Å². The average Bonchev–Trinajstić information content (AvgIpc) is 2.97. The molecule has 1 aliphatic carbocycles. The molecule has 3 rings (SSSR count). The van der Waals surface area contributed by atoms with Gasteiger partial charge in [0.25, 0.3) is 0 Å². The maximum atomic E-state index is 12.0. The summed E-state index contributed by atoms with van der Waals surface area (Å²) < 4.78 is 2.25. The van der Waals surface area contributed by atoms with Gasteiger partial charge in [-0.2, -0.15) is 0 Å². The number of hydrogen-bond donors (Lipinski definition) is 0. The molecule has 80 valence electrons. The Kier molecular flexibility index (Phi) is 1.87. The summed E-state index contributed by atoms with van der Waals surface area (Å²) in [6, 6.07) is 4.44. The second kappa shape index (κ2) is 3.12. The highest BCUT2D eigenvalue weighted by Gasteiger charge is 2.37. The first-order valence-electron chi connectivity index (χ1n) is 5.73. The van der Waals surface area contributed by atoms with Crippen LogP contribution < -0.4 is 0 Å². The molecule has 1 aromatic rings. The van der Waals surface area contributed by atoms with Crippen LogP contribution in [0.3, 0.4) is 0 Å². The molecule has 1 aliphatic heterocycles. The normalized spacial score (nSPS) is 25.1. The Morgan fingerprint density at radius 2 is 2.20 bits per heavy atom. The topological polar surface area (TPSA) is 25.2 Å². The van der Waals surface area contributed by atoms with Crippen molar-refractivity contribution in [2.45, 2.75) is 32.4 Å². The monoisotopic (exact) mass is 204 g/mol. The van der Waals surface area contributed by atoms with E-state index in [9.17, 15) is 4.79 Å². The van der Waals surface area contributed by atoms with Crippen molar-refractivity contribution in [1.82, 2.24) is 9.47 Å². The van der Waals surface area contributed by atoms with Crippen LogP contribution in [0.15, 0.2) is 18.3 Å². The lowest BCUT2D eigenvalue weighted by Crippen LogP contribution is -2.41. The lowest BCUT2D eigenvalue weighted by Gasteiger charge is -2.35. The average molecular weight is 204 g/mol. The Balaban J connectivity index is 1.86. The van der Waals surface area contributed by atoms with Crippen LogP contribution in [0.4, 0.5) is 0 Å². The van der Waals surface area contributed by atoms with Crippen molar-refractivity contribution >= 4 is 5.91 Å². The molecular weight excluding hydrogens is 188 g/mol. The Morgan fingerprint density at radius 3 is 2.93 bits per heavy atom. The highest BCUT2D eigenvalue weighted by Crippen LogP contribution is 2.35. The van der Waals surface area contributed by atoms with Gasteiger partial charge in [-0.15, -0.1) is 0 Å². The summed E-state index contributed by atoms with van der Waals surface area (Å²) in [5.41, 5.74) is 1.27. The molecule has 3 nitrogen and oxygen atoms in total. The first-order chi connectivity index (χ1) is 7.27. The number of hydrogen-bond acceptors (Lipinski definition) is 1. The van der Waals surface area contributed by atoms with Crippen molar-refractivity contribution in [3.05, 3.63) is 24.0 Å². The molecule has 0 spiro atoms. The highest BCUT2D eigenvalue weighted by atomic mass is 16.2. The van der Waals surface area contributed by atoms with E-state index in [1.807, 2.05) is 4.90 Å². The van der Waals surface area contributed by atoms with Gasteiger partial charge in [0, 0.05) is 30.9 Å². The zero-order chi connectivity index (χ0) is 10.4. The van der Waals surface area contributed by atoms with E-state index in [0.717, 1.165) is 25.9 Å². The predicted octanol–water partition coefficient (Wildman–Crippen LogP) is 1.80. The van der Waals surface area contributed by atoms with E-state index in [2.05, 4.69) is 29.8 Å². The molecule has 2 aliphatic rings. The first-order valence-corrected chi connectivity index (χ1v) is 5.73. The molecule has 1 unspecified atom stereocenters. The van der Waals surface area contributed by atoms with Gasteiger partial charge in [0.2, 0.25) is 5.91 Å². The van der Waals surface area contributed by atoms with Crippen molar-refractivity contribution in [3.63, 3.8) is 0 Å². The quantitative estimate of drug-likeness (QED) is 0.684. The number of amides is 1. The molecule has 15 heavy (non-hydrogen) atoms. The lowest BCUT2D eigenvalue weighted by atomic mass is 10.1. The van der Waals surface area contributed by atoms with Crippen LogP contribution in [-0.2, 0) is 11.3 Å². The van der Waals surface area contributed by atoms with Gasteiger partial charge in [-0.25, -0.2) is 0 Å². The summed E-state index contributed by atoms with van der Waals surface area (Å²) in [4.78, 5) is 14.1. The van der Waals surface area contributed by atoms with Crippen LogP contribution in [-0.4, -0.2) is 21.9 Å². The fraction of sp³-hybridized carbons (Fsp3) is 0.583. The highest BCUT2D eigenvalue weighted by molar-refractivity contribution is 5.81. The SMILES string of the molecule is CC1c2cccn2CCN1C(=O)C1CC1. The van der Waals surface area contributed by atoms with Crippen molar-refractivity contribution < 1.29 is 4.79 Å². The predicted molar refractivity (Wildman–Crippen MR) is 57.3 cm³/mol. The van der Waals surface area contributed by atoms with E-state index in [1.165, 1.54) is 5.69 Å². The van der Waals surface area contributed by atoms with Gasteiger partial charge >= 0.3 is 0 Å². The minimum atomic E-state index is 0.252. The maximum absolute atomic E-state index is 12.0. The van der Waals surface area contributed by atoms with Gasteiger partial charge in [0.05, 0.1) is 6.04 Å². The van der Waals surface area contributed by atoms with Gasteiger partial charge < -0.3 is 9.47 Å². The van der Waals surface area contributed by atoms with E-state index in [0.29, 0.717) is 11.8 Å². The number of fused-ring (bicyclic) bond motifs is 1. The summed E-state index contributed by atoms with van der Waals surface area (Å²) in [6.45, 7) is 3.95. The number of rotatable bonds is 1. The van der Waals surface area contributed by atoms with Gasteiger partial charge in [0.15, 0.2) is 0 Å². The number of aromatic nitrogens is 1. The van der Waals surface area contributed by atoms with Gasteiger partial charge in [-0.3, -0.25) is 4.79 Å². The molecular formula is C12H16N2O. The van der Waals surface area contributed by atoms with E-state index >= 15 is 0 Å². The molecule has 1 fully saturated rings. The maximum Gasteiger partial charge on any atom is 0.226 e. The standard InChI is InChI=1S/C12H16N2O/c1-9-11-3-2-6-13(11)7-8-14(9)12(15)10-4-5-10/h2-3,6,9-10H,4-5,7-8H2,1H3. The number of nitrogens with zero attached hydrogens (tertiary/aromatic N) is 2. The molecule has 0 radical (unpaired) electrons.